The molecule has 5 rings (SSSR count). The molecule has 4 aromatic carbocycles. The zero-order valence-electron chi connectivity index (χ0n) is 20.0. The predicted octanol–water partition coefficient (Wildman–Crippen LogP) is 7.08. The SMILES string of the molecule is COc1cccc(OCCCCn2c(C(c3ccccc3)c3ccccc3)nc3ccccc32)c1. The Hall–Kier alpha value is -4.05. The van der Waals surface area contributed by atoms with Crippen molar-refractivity contribution in [2.75, 3.05) is 13.7 Å². The second kappa shape index (κ2) is 10.9. The number of aryl methyl sites for hydroxylation is 1. The molecule has 0 saturated carbocycles. The van der Waals surface area contributed by atoms with E-state index in [1.165, 1.54) is 16.6 Å². The summed E-state index contributed by atoms with van der Waals surface area (Å²) in [4.78, 5) is 5.15. The predicted molar refractivity (Wildman–Crippen MR) is 141 cm³/mol. The van der Waals surface area contributed by atoms with E-state index in [2.05, 4.69) is 89.5 Å². The fourth-order valence-corrected chi connectivity index (χ4v) is 4.58. The van der Waals surface area contributed by atoms with Gasteiger partial charge in [-0.3, -0.25) is 0 Å². The van der Waals surface area contributed by atoms with Gasteiger partial charge in [0.05, 0.1) is 30.7 Å². The van der Waals surface area contributed by atoms with Gasteiger partial charge < -0.3 is 14.0 Å². The summed E-state index contributed by atoms with van der Waals surface area (Å²) >= 11 is 0. The van der Waals surface area contributed by atoms with Gasteiger partial charge in [-0.1, -0.05) is 78.9 Å². The van der Waals surface area contributed by atoms with Crippen molar-refractivity contribution >= 4 is 11.0 Å². The molecule has 0 saturated heterocycles. The van der Waals surface area contributed by atoms with E-state index in [1.54, 1.807) is 7.11 Å². The van der Waals surface area contributed by atoms with Crippen LogP contribution in [0.1, 0.15) is 35.7 Å². The Bertz CT molecular complexity index is 1320. The molecule has 0 radical (unpaired) electrons. The summed E-state index contributed by atoms with van der Waals surface area (Å²) < 4.78 is 13.7. The zero-order valence-corrected chi connectivity index (χ0v) is 20.0. The summed E-state index contributed by atoms with van der Waals surface area (Å²) in [6, 6.07) is 37.5. The first kappa shape index (κ1) is 22.7. The lowest BCUT2D eigenvalue weighted by Gasteiger charge is -2.20. The fourth-order valence-electron chi connectivity index (χ4n) is 4.58. The van der Waals surface area contributed by atoms with Gasteiger partial charge in [0.15, 0.2) is 0 Å². The van der Waals surface area contributed by atoms with E-state index in [9.17, 15) is 0 Å². The lowest BCUT2D eigenvalue weighted by atomic mass is 9.90. The van der Waals surface area contributed by atoms with Crippen molar-refractivity contribution in [3.8, 4) is 11.5 Å². The molecule has 5 aromatic rings. The fraction of sp³-hybridized carbons (Fsp3) is 0.194. The van der Waals surface area contributed by atoms with Crippen LogP contribution >= 0.6 is 0 Å². The van der Waals surface area contributed by atoms with E-state index in [0.717, 1.165) is 42.2 Å². The van der Waals surface area contributed by atoms with Gasteiger partial charge in [-0.25, -0.2) is 4.98 Å². The lowest BCUT2D eigenvalue weighted by Crippen LogP contribution is -2.13. The molecule has 1 aromatic heterocycles. The van der Waals surface area contributed by atoms with Crippen molar-refractivity contribution in [2.45, 2.75) is 25.3 Å². The quantitative estimate of drug-likeness (QED) is 0.208. The minimum Gasteiger partial charge on any atom is -0.497 e. The van der Waals surface area contributed by atoms with Gasteiger partial charge in [0, 0.05) is 12.6 Å². The Morgan fingerprint density at radius 3 is 2.09 bits per heavy atom. The first-order valence-corrected chi connectivity index (χ1v) is 12.2. The molecule has 0 aliphatic rings. The maximum Gasteiger partial charge on any atom is 0.122 e. The van der Waals surface area contributed by atoms with Crippen molar-refractivity contribution in [1.82, 2.24) is 9.55 Å². The number of hydrogen-bond donors (Lipinski definition) is 0. The maximum absolute atomic E-state index is 5.97. The highest BCUT2D eigenvalue weighted by atomic mass is 16.5. The van der Waals surface area contributed by atoms with Crippen molar-refractivity contribution in [3.63, 3.8) is 0 Å². The van der Waals surface area contributed by atoms with Gasteiger partial charge in [0.1, 0.15) is 17.3 Å². The standard InChI is InChI=1S/C31H30N2O2/c1-34-26-17-12-18-27(23-26)35-22-11-10-21-33-29-20-9-8-19-28(29)32-31(33)30(24-13-4-2-5-14-24)25-15-6-3-7-16-25/h2-9,12-20,23,30H,10-11,21-22H2,1H3. The molecule has 0 N–H and O–H groups in total. The van der Waals surface area contributed by atoms with Crippen molar-refractivity contribution in [1.29, 1.82) is 0 Å². The molecule has 1 heterocycles. The van der Waals surface area contributed by atoms with Gasteiger partial charge >= 0.3 is 0 Å². The van der Waals surface area contributed by atoms with Crippen molar-refractivity contribution in [2.24, 2.45) is 0 Å². The van der Waals surface area contributed by atoms with Crippen molar-refractivity contribution < 1.29 is 9.47 Å². The summed E-state index contributed by atoms with van der Waals surface area (Å²) in [5, 5.41) is 0. The smallest absolute Gasteiger partial charge is 0.122 e. The molecule has 0 atom stereocenters. The Balaban J connectivity index is 1.39. The molecule has 4 heteroatoms. The van der Waals surface area contributed by atoms with Gasteiger partial charge in [-0.15, -0.1) is 0 Å². The van der Waals surface area contributed by atoms with E-state index in [4.69, 9.17) is 14.5 Å². The number of benzene rings is 4. The molecular weight excluding hydrogens is 432 g/mol. The molecule has 4 nitrogen and oxygen atoms in total. The van der Waals surface area contributed by atoms with E-state index in [0.29, 0.717) is 6.61 Å². The normalized spacial score (nSPS) is 11.1. The van der Waals surface area contributed by atoms with Crippen LogP contribution in [-0.4, -0.2) is 23.3 Å². The summed E-state index contributed by atoms with van der Waals surface area (Å²) in [5.74, 6) is 2.80. The largest absolute Gasteiger partial charge is 0.497 e. The summed E-state index contributed by atoms with van der Waals surface area (Å²) in [6.07, 6.45) is 1.94. The topological polar surface area (TPSA) is 36.3 Å². The molecule has 0 aliphatic carbocycles. The molecule has 35 heavy (non-hydrogen) atoms. The number of unbranched alkanes of at least 4 members (excludes halogenated alkanes) is 1. The first-order chi connectivity index (χ1) is 17.3. The van der Waals surface area contributed by atoms with Crippen LogP contribution in [0.3, 0.4) is 0 Å². The third-order valence-electron chi connectivity index (χ3n) is 6.29. The number of fused-ring (bicyclic) bond motifs is 1. The maximum atomic E-state index is 5.97. The number of imidazole rings is 1. The number of aromatic nitrogens is 2. The van der Waals surface area contributed by atoms with Crippen LogP contribution in [0.4, 0.5) is 0 Å². The minimum absolute atomic E-state index is 0.0674. The lowest BCUT2D eigenvalue weighted by molar-refractivity contribution is 0.301. The monoisotopic (exact) mass is 462 g/mol. The van der Waals surface area contributed by atoms with Crippen LogP contribution in [0.15, 0.2) is 109 Å². The Kier molecular flexibility index (Phi) is 7.09. The number of nitrogens with zero attached hydrogens (tertiary/aromatic N) is 2. The molecule has 0 bridgehead atoms. The average Bonchev–Trinajstić information content (AvgIpc) is 3.28. The third kappa shape index (κ3) is 5.22. The van der Waals surface area contributed by atoms with Crippen molar-refractivity contribution in [3.05, 3.63) is 126 Å². The molecule has 0 amide bonds. The highest BCUT2D eigenvalue weighted by molar-refractivity contribution is 5.76. The van der Waals surface area contributed by atoms with E-state index < -0.39 is 0 Å². The van der Waals surface area contributed by atoms with E-state index >= 15 is 0 Å². The third-order valence-corrected chi connectivity index (χ3v) is 6.29. The number of hydrogen-bond acceptors (Lipinski definition) is 3. The van der Waals surface area contributed by atoms with Crippen LogP contribution < -0.4 is 9.47 Å². The van der Waals surface area contributed by atoms with Gasteiger partial charge in [0.25, 0.3) is 0 Å². The van der Waals surface area contributed by atoms with E-state index in [1.807, 2.05) is 24.3 Å². The minimum atomic E-state index is 0.0674. The Labute approximate surface area is 206 Å². The molecule has 0 aliphatic heterocycles. The average molecular weight is 463 g/mol. The summed E-state index contributed by atoms with van der Waals surface area (Å²) in [5.41, 5.74) is 4.70. The van der Waals surface area contributed by atoms with Gasteiger partial charge in [-0.05, 0) is 48.2 Å². The molecule has 0 unspecified atom stereocenters. The first-order valence-electron chi connectivity index (χ1n) is 12.2. The van der Waals surface area contributed by atoms with Crippen LogP contribution in [-0.2, 0) is 6.54 Å². The second-order valence-corrected chi connectivity index (χ2v) is 8.60. The molecule has 176 valence electrons. The van der Waals surface area contributed by atoms with Crippen LogP contribution in [0.5, 0.6) is 11.5 Å². The molecule has 0 fully saturated rings. The zero-order chi connectivity index (χ0) is 23.9. The van der Waals surface area contributed by atoms with Gasteiger partial charge in [0.2, 0.25) is 0 Å². The van der Waals surface area contributed by atoms with Crippen LogP contribution in [0, 0.1) is 0 Å². The number of rotatable bonds is 10. The number of methoxy groups -OCH3 is 1. The highest BCUT2D eigenvalue weighted by Gasteiger charge is 2.23. The van der Waals surface area contributed by atoms with Crippen LogP contribution in [0.2, 0.25) is 0 Å². The number of para-hydroxylation sites is 2. The molecule has 0 spiro atoms. The summed E-state index contributed by atoms with van der Waals surface area (Å²) in [7, 11) is 1.67. The number of ether oxygens (including phenoxy) is 2. The highest BCUT2D eigenvalue weighted by Crippen LogP contribution is 2.33. The van der Waals surface area contributed by atoms with Gasteiger partial charge in [-0.2, -0.15) is 0 Å². The Morgan fingerprint density at radius 1 is 0.714 bits per heavy atom. The molecular formula is C31H30N2O2. The summed E-state index contributed by atoms with van der Waals surface area (Å²) in [6.45, 7) is 1.55. The Morgan fingerprint density at radius 2 is 1.37 bits per heavy atom. The van der Waals surface area contributed by atoms with Crippen LogP contribution in [0.25, 0.3) is 11.0 Å². The van der Waals surface area contributed by atoms with E-state index in [-0.39, 0.29) is 5.92 Å². The second-order valence-electron chi connectivity index (χ2n) is 8.60.